The van der Waals surface area contributed by atoms with Gasteiger partial charge in [-0.25, -0.2) is 0 Å². The highest BCUT2D eigenvalue weighted by Crippen LogP contribution is 2.17. The molecule has 0 bridgehead atoms. The highest BCUT2D eigenvalue weighted by Gasteiger charge is 2.06. The van der Waals surface area contributed by atoms with Crippen LogP contribution in [0.4, 0.5) is 0 Å². The second kappa shape index (κ2) is 8.67. The van der Waals surface area contributed by atoms with Gasteiger partial charge in [-0.3, -0.25) is 0 Å². The predicted octanol–water partition coefficient (Wildman–Crippen LogP) is 3.65. The van der Waals surface area contributed by atoms with E-state index in [0.29, 0.717) is 6.54 Å². The Morgan fingerprint density at radius 3 is 2.82 bits per heavy atom. The number of aliphatic hydroxyl groups excluding tert-OH is 1. The molecule has 0 saturated heterocycles. The fourth-order valence-corrected chi connectivity index (χ4v) is 2.16. The average Bonchev–Trinajstić information content (AvgIpc) is 2.33. The number of benzene rings is 1. The molecule has 1 rings (SSSR count). The first-order valence-electron chi connectivity index (χ1n) is 6.38. The monoisotopic (exact) mass is 299 g/mol. The molecule has 2 N–H and O–H groups in total. The number of aliphatic hydroxyl groups is 1. The highest BCUT2D eigenvalue weighted by molar-refractivity contribution is 9.10. The lowest BCUT2D eigenvalue weighted by molar-refractivity contribution is 0.174. The smallest absolute Gasteiger partial charge is 0.0914 e. The van der Waals surface area contributed by atoms with Gasteiger partial charge in [-0.2, -0.15) is 0 Å². The van der Waals surface area contributed by atoms with Crippen molar-refractivity contribution in [3.63, 3.8) is 0 Å². The Bertz CT molecular complexity index is 317. The van der Waals surface area contributed by atoms with E-state index in [1.807, 2.05) is 24.3 Å². The molecule has 0 spiro atoms. The van der Waals surface area contributed by atoms with E-state index in [1.165, 1.54) is 25.7 Å². The normalized spacial score (nSPS) is 12.6. The van der Waals surface area contributed by atoms with E-state index in [4.69, 9.17) is 0 Å². The van der Waals surface area contributed by atoms with Gasteiger partial charge in [0.25, 0.3) is 0 Å². The minimum Gasteiger partial charge on any atom is -0.387 e. The molecular weight excluding hydrogens is 278 g/mol. The maximum Gasteiger partial charge on any atom is 0.0914 e. The molecule has 1 atom stereocenters. The summed E-state index contributed by atoms with van der Waals surface area (Å²) >= 11 is 3.41. The standard InChI is InChI=1S/C14H22BrNO/c1-2-3-4-5-9-16-11-14(17)12-7-6-8-13(15)10-12/h6-8,10,14,16-17H,2-5,9,11H2,1H3. The molecule has 0 aliphatic rings. The van der Waals surface area contributed by atoms with Crippen LogP contribution in [0.5, 0.6) is 0 Å². The van der Waals surface area contributed by atoms with Gasteiger partial charge in [0.2, 0.25) is 0 Å². The summed E-state index contributed by atoms with van der Waals surface area (Å²) in [4.78, 5) is 0. The Hall–Kier alpha value is -0.380. The summed E-state index contributed by atoms with van der Waals surface area (Å²) in [6, 6.07) is 7.83. The van der Waals surface area contributed by atoms with E-state index in [9.17, 15) is 5.11 Å². The molecule has 17 heavy (non-hydrogen) atoms. The predicted molar refractivity (Wildman–Crippen MR) is 76.1 cm³/mol. The van der Waals surface area contributed by atoms with Crippen LogP contribution in [0.1, 0.15) is 44.3 Å². The van der Waals surface area contributed by atoms with Gasteiger partial charge in [-0.1, -0.05) is 54.2 Å². The van der Waals surface area contributed by atoms with Gasteiger partial charge in [-0.05, 0) is 30.7 Å². The molecule has 1 unspecified atom stereocenters. The molecule has 96 valence electrons. The summed E-state index contributed by atoms with van der Waals surface area (Å²) in [6.07, 6.45) is 4.62. The van der Waals surface area contributed by atoms with Crippen molar-refractivity contribution in [2.75, 3.05) is 13.1 Å². The van der Waals surface area contributed by atoms with E-state index >= 15 is 0 Å². The number of hydrogen-bond donors (Lipinski definition) is 2. The highest BCUT2D eigenvalue weighted by atomic mass is 79.9. The molecule has 0 radical (unpaired) electrons. The first-order valence-corrected chi connectivity index (χ1v) is 7.17. The summed E-state index contributed by atoms with van der Waals surface area (Å²) in [5.41, 5.74) is 0.959. The molecule has 1 aromatic carbocycles. The van der Waals surface area contributed by atoms with Gasteiger partial charge in [-0.15, -0.1) is 0 Å². The van der Waals surface area contributed by atoms with Gasteiger partial charge in [0.15, 0.2) is 0 Å². The van der Waals surface area contributed by atoms with Gasteiger partial charge >= 0.3 is 0 Å². The minimum atomic E-state index is -0.418. The zero-order valence-corrected chi connectivity index (χ0v) is 12.0. The van der Waals surface area contributed by atoms with Crippen molar-refractivity contribution in [3.05, 3.63) is 34.3 Å². The quantitative estimate of drug-likeness (QED) is 0.718. The lowest BCUT2D eigenvalue weighted by atomic mass is 10.1. The Kier molecular flexibility index (Phi) is 7.49. The third-order valence-electron chi connectivity index (χ3n) is 2.78. The van der Waals surface area contributed by atoms with Crippen molar-refractivity contribution in [1.82, 2.24) is 5.32 Å². The number of halogens is 1. The number of hydrogen-bond acceptors (Lipinski definition) is 2. The van der Waals surface area contributed by atoms with Crippen molar-refractivity contribution >= 4 is 15.9 Å². The molecule has 2 nitrogen and oxygen atoms in total. The van der Waals surface area contributed by atoms with Crippen LogP contribution in [0, 0.1) is 0 Å². The maximum absolute atomic E-state index is 9.96. The van der Waals surface area contributed by atoms with Crippen LogP contribution in [-0.2, 0) is 0 Å². The summed E-state index contributed by atoms with van der Waals surface area (Å²) < 4.78 is 1.01. The average molecular weight is 300 g/mol. The Morgan fingerprint density at radius 2 is 2.12 bits per heavy atom. The van der Waals surface area contributed by atoms with Crippen LogP contribution in [-0.4, -0.2) is 18.2 Å². The van der Waals surface area contributed by atoms with Gasteiger partial charge in [0, 0.05) is 11.0 Å². The first-order chi connectivity index (χ1) is 8.24. The van der Waals surface area contributed by atoms with E-state index in [0.717, 1.165) is 16.6 Å². The molecular formula is C14H22BrNO. The van der Waals surface area contributed by atoms with Crippen LogP contribution >= 0.6 is 15.9 Å². The summed E-state index contributed by atoms with van der Waals surface area (Å²) in [5, 5.41) is 13.3. The largest absolute Gasteiger partial charge is 0.387 e. The molecule has 1 aromatic rings. The molecule has 0 saturated carbocycles. The fraction of sp³-hybridized carbons (Fsp3) is 0.571. The molecule has 0 aromatic heterocycles. The fourth-order valence-electron chi connectivity index (χ4n) is 1.75. The third-order valence-corrected chi connectivity index (χ3v) is 3.27. The van der Waals surface area contributed by atoms with Crippen molar-refractivity contribution in [2.45, 2.75) is 38.7 Å². The molecule has 0 amide bonds. The van der Waals surface area contributed by atoms with Crippen LogP contribution < -0.4 is 5.32 Å². The molecule has 0 fully saturated rings. The summed E-state index contributed by atoms with van der Waals surface area (Å²) in [6.45, 7) is 3.83. The molecule has 0 heterocycles. The lowest BCUT2D eigenvalue weighted by Gasteiger charge is -2.12. The lowest BCUT2D eigenvalue weighted by Crippen LogP contribution is -2.22. The van der Waals surface area contributed by atoms with Crippen LogP contribution in [0.15, 0.2) is 28.7 Å². The van der Waals surface area contributed by atoms with Crippen molar-refractivity contribution in [1.29, 1.82) is 0 Å². The zero-order chi connectivity index (χ0) is 12.5. The van der Waals surface area contributed by atoms with E-state index in [1.54, 1.807) is 0 Å². The van der Waals surface area contributed by atoms with Crippen molar-refractivity contribution in [2.24, 2.45) is 0 Å². The molecule has 0 aliphatic carbocycles. The van der Waals surface area contributed by atoms with Gasteiger partial charge < -0.3 is 10.4 Å². The number of unbranched alkanes of at least 4 members (excludes halogenated alkanes) is 3. The van der Waals surface area contributed by atoms with E-state index in [2.05, 4.69) is 28.2 Å². The van der Waals surface area contributed by atoms with Crippen LogP contribution in [0.2, 0.25) is 0 Å². The Labute approximate surface area is 113 Å². The summed E-state index contributed by atoms with van der Waals surface area (Å²) in [7, 11) is 0. The third kappa shape index (κ3) is 6.20. The minimum absolute atomic E-state index is 0.418. The number of nitrogens with one attached hydrogen (secondary N) is 1. The second-order valence-electron chi connectivity index (χ2n) is 4.34. The van der Waals surface area contributed by atoms with E-state index in [-0.39, 0.29) is 0 Å². The maximum atomic E-state index is 9.96. The molecule has 3 heteroatoms. The van der Waals surface area contributed by atoms with Crippen LogP contribution in [0.3, 0.4) is 0 Å². The Morgan fingerprint density at radius 1 is 1.29 bits per heavy atom. The molecule has 0 aliphatic heterocycles. The topological polar surface area (TPSA) is 32.3 Å². The number of rotatable bonds is 8. The zero-order valence-electron chi connectivity index (χ0n) is 10.5. The second-order valence-corrected chi connectivity index (χ2v) is 5.25. The van der Waals surface area contributed by atoms with Gasteiger partial charge in [0.1, 0.15) is 0 Å². The van der Waals surface area contributed by atoms with Crippen molar-refractivity contribution in [3.8, 4) is 0 Å². The Balaban J connectivity index is 2.19. The van der Waals surface area contributed by atoms with E-state index < -0.39 is 6.10 Å². The summed E-state index contributed by atoms with van der Waals surface area (Å²) in [5.74, 6) is 0. The van der Waals surface area contributed by atoms with Gasteiger partial charge in [0.05, 0.1) is 6.10 Å². The SMILES string of the molecule is CCCCCCNCC(O)c1cccc(Br)c1. The van der Waals surface area contributed by atoms with Crippen molar-refractivity contribution < 1.29 is 5.11 Å². The first kappa shape index (κ1) is 14.7. The van der Waals surface area contributed by atoms with Crippen LogP contribution in [0.25, 0.3) is 0 Å².